The molecule has 5 nitrogen and oxygen atoms in total. The van der Waals surface area contributed by atoms with Crippen LogP contribution >= 0.6 is 0 Å². The Morgan fingerprint density at radius 2 is 2.11 bits per heavy atom. The number of rotatable bonds is 4. The van der Waals surface area contributed by atoms with Crippen LogP contribution in [-0.4, -0.2) is 55.4 Å². The van der Waals surface area contributed by atoms with E-state index in [-0.39, 0.29) is 18.6 Å². The fraction of sp³-hybridized carbons (Fsp3) is 0.500. The van der Waals surface area contributed by atoms with Crippen LogP contribution in [0.4, 0.5) is 0 Å². The summed E-state index contributed by atoms with van der Waals surface area (Å²) < 4.78 is 10.8. The van der Waals surface area contributed by atoms with Crippen LogP contribution in [0.25, 0.3) is 0 Å². The number of aliphatic hydroxyl groups is 1. The van der Waals surface area contributed by atoms with Gasteiger partial charge in [-0.05, 0) is 17.7 Å². The maximum atomic E-state index is 12.2. The second-order valence-corrected chi connectivity index (χ2v) is 4.61. The van der Waals surface area contributed by atoms with Crippen molar-refractivity contribution in [3.8, 4) is 0 Å². The molecule has 0 spiro atoms. The SMILES string of the molecule is CN(C[C@H]1COCCO1)C(=O)c1ccc(CO)cc1. The average Bonchev–Trinajstić information content (AvgIpc) is 2.47. The molecule has 5 heteroatoms. The van der Waals surface area contributed by atoms with Crippen LogP contribution in [-0.2, 0) is 16.1 Å². The van der Waals surface area contributed by atoms with Gasteiger partial charge in [0.25, 0.3) is 5.91 Å². The van der Waals surface area contributed by atoms with E-state index in [1.165, 1.54) is 0 Å². The largest absolute Gasteiger partial charge is 0.392 e. The zero-order valence-corrected chi connectivity index (χ0v) is 11.0. The number of hydrogen-bond donors (Lipinski definition) is 1. The molecule has 0 aromatic heterocycles. The molecule has 1 aromatic rings. The molecule has 1 N–H and O–H groups in total. The quantitative estimate of drug-likeness (QED) is 0.869. The topological polar surface area (TPSA) is 59.0 Å². The predicted molar refractivity (Wildman–Crippen MR) is 69.9 cm³/mol. The molecule has 1 aliphatic rings. The third-order valence-electron chi connectivity index (χ3n) is 3.09. The van der Waals surface area contributed by atoms with Crippen LogP contribution in [0.5, 0.6) is 0 Å². The van der Waals surface area contributed by atoms with Crippen molar-refractivity contribution in [2.45, 2.75) is 12.7 Å². The molecule has 0 unspecified atom stereocenters. The average molecular weight is 265 g/mol. The lowest BCUT2D eigenvalue weighted by Gasteiger charge is -2.27. The van der Waals surface area contributed by atoms with Crippen LogP contribution < -0.4 is 0 Å². The molecule has 104 valence electrons. The normalized spacial score (nSPS) is 19.2. The van der Waals surface area contributed by atoms with E-state index in [0.717, 1.165) is 5.56 Å². The summed E-state index contributed by atoms with van der Waals surface area (Å²) in [5, 5.41) is 8.97. The Labute approximate surface area is 112 Å². The second-order valence-electron chi connectivity index (χ2n) is 4.61. The van der Waals surface area contributed by atoms with Gasteiger partial charge in [0, 0.05) is 19.2 Å². The number of aliphatic hydroxyl groups excluding tert-OH is 1. The molecule has 0 radical (unpaired) electrons. The third-order valence-corrected chi connectivity index (χ3v) is 3.09. The van der Waals surface area contributed by atoms with Gasteiger partial charge in [-0.15, -0.1) is 0 Å². The number of hydrogen-bond acceptors (Lipinski definition) is 4. The smallest absolute Gasteiger partial charge is 0.253 e. The van der Waals surface area contributed by atoms with E-state index < -0.39 is 0 Å². The number of carbonyl (C=O) groups is 1. The summed E-state index contributed by atoms with van der Waals surface area (Å²) >= 11 is 0. The molecule has 1 saturated heterocycles. The second kappa shape index (κ2) is 6.65. The van der Waals surface area contributed by atoms with Crippen LogP contribution in [0.3, 0.4) is 0 Å². The summed E-state index contributed by atoms with van der Waals surface area (Å²) in [5.41, 5.74) is 1.40. The fourth-order valence-corrected chi connectivity index (χ4v) is 2.00. The Kier molecular flexibility index (Phi) is 4.90. The van der Waals surface area contributed by atoms with Crippen LogP contribution in [0.15, 0.2) is 24.3 Å². The molecular weight excluding hydrogens is 246 g/mol. The standard InChI is InChI=1S/C14H19NO4/c1-15(8-13-10-18-6-7-19-13)14(17)12-4-2-11(9-16)3-5-12/h2-5,13,16H,6-10H2,1H3/t13-/m0/s1. The zero-order valence-electron chi connectivity index (χ0n) is 11.0. The monoisotopic (exact) mass is 265 g/mol. The molecule has 19 heavy (non-hydrogen) atoms. The molecule has 1 aromatic carbocycles. The molecular formula is C14H19NO4. The Balaban J connectivity index is 1.93. The van der Waals surface area contributed by atoms with Crippen molar-refractivity contribution in [3.05, 3.63) is 35.4 Å². The molecule has 1 atom stereocenters. The minimum Gasteiger partial charge on any atom is -0.392 e. The van der Waals surface area contributed by atoms with Gasteiger partial charge in [-0.25, -0.2) is 0 Å². The molecule has 0 bridgehead atoms. The first kappa shape index (κ1) is 14.0. The molecule has 1 amide bonds. The molecule has 1 aliphatic heterocycles. The number of ether oxygens (including phenoxy) is 2. The van der Waals surface area contributed by atoms with Crippen molar-refractivity contribution in [2.24, 2.45) is 0 Å². The van der Waals surface area contributed by atoms with Crippen LogP contribution in [0, 0.1) is 0 Å². The van der Waals surface area contributed by atoms with Gasteiger partial charge < -0.3 is 19.5 Å². The Hall–Kier alpha value is -1.43. The number of amides is 1. The lowest BCUT2D eigenvalue weighted by Crippen LogP contribution is -2.40. The number of benzene rings is 1. The number of nitrogens with zero attached hydrogens (tertiary/aromatic N) is 1. The predicted octanol–water partition coefficient (Wildman–Crippen LogP) is 0.666. The maximum absolute atomic E-state index is 12.2. The van der Waals surface area contributed by atoms with Gasteiger partial charge in [-0.2, -0.15) is 0 Å². The summed E-state index contributed by atoms with van der Waals surface area (Å²) in [5.74, 6) is -0.0568. The van der Waals surface area contributed by atoms with E-state index in [9.17, 15) is 4.79 Å². The lowest BCUT2D eigenvalue weighted by atomic mass is 10.1. The summed E-state index contributed by atoms with van der Waals surface area (Å²) in [6.07, 6.45) is -0.0561. The Morgan fingerprint density at radius 1 is 1.37 bits per heavy atom. The first-order chi connectivity index (χ1) is 9.20. The summed E-state index contributed by atoms with van der Waals surface area (Å²) in [7, 11) is 1.75. The minimum atomic E-state index is -0.0568. The van der Waals surface area contributed by atoms with E-state index in [1.807, 2.05) is 0 Å². The molecule has 1 fully saturated rings. The number of likely N-dealkylation sites (N-methyl/N-ethyl adjacent to an activating group) is 1. The van der Waals surface area contributed by atoms with Crippen LogP contribution in [0.2, 0.25) is 0 Å². The molecule has 0 aliphatic carbocycles. The lowest BCUT2D eigenvalue weighted by molar-refractivity contribution is -0.0933. The van der Waals surface area contributed by atoms with Gasteiger partial charge in [0.05, 0.1) is 32.5 Å². The Morgan fingerprint density at radius 3 is 2.68 bits per heavy atom. The van der Waals surface area contributed by atoms with E-state index in [1.54, 1.807) is 36.2 Å². The molecule has 1 heterocycles. The van der Waals surface area contributed by atoms with Crippen molar-refractivity contribution in [1.82, 2.24) is 4.90 Å². The molecule has 0 saturated carbocycles. The minimum absolute atomic E-state index is 0.0163. The van der Waals surface area contributed by atoms with Gasteiger partial charge >= 0.3 is 0 Å². The highest BCUT2D eigenvalue weighted by Crippen LogP contribution is 2.09. The van der Waals surface area contributed by atoms with E-state index in [4.69, 9.17) is 14.6 Å². The maximum Gasteiger partial charge on any atom is 0.253 e. The van der Waals surface area contributed by atoms with Crippen LogP contribution in [0.1, 0.15) is 15.9 Å². The van der Waals surface area contributed by atoms with E-state index >= 15 is 0 Å². The summed E-state index contributed by atoms with van der Waals surface area (Å²) in [4.78, 5) is 13.8. The van der Waals surface area contributed by atoms with Crippen molar-refractivity contribution in [1.29, 1.82) is 0 Å². The fourth-order valence-electron chi connectivity index (χ4n) is 2.00. The van der Waals surface area contributed by atoms with Crippen molar-refractivity contribution in [2.75, 3.05) is 33.4 Å². The van der Waals surface area contributed by atoms with Gasteiger partial charge in [-0.3, -0.25) is 4.79 Å². The van der Waals surface area contributed by atoms with E-state index in [0.29, 0.717) is 31.9 Å². The van der Waals surface area contributed by atoms with Crippen molar-refractivity contribution >= 4 is 5.91 Å². The van der Waals surface area contributed by atoms with Crippen molar-refractivity contribution < 1.29 is 19.4 Å². The third kappa shape index (κ3) is 3.76. The molecule has 2 rings (SSSR count). The van der Waals surface area contributed by atoms with Crippen molar-refractivity contribution in [3.63, 3.8) is 0 Å². The van der Waals surface area contributed by atoms with E-state index in [2.05, 4.69) is 0 Å². The zero-order chi connectivity index (χ0) is 13.7. The summed E-state index contributed by atoms with van der Waals surface area (Å²) in [6.45, 7) is 2.23. The first-order valence-electron chi connectivity index (χ1n) is 6.35. The van der Waals surface area contributed by atoms with Gasteiger partial charge in [-0.1, -0.05) is 12.1 Å². The number of carbonyl (C=O) groups excluding carboxylic acids is 1. The van der Waals surface area contributed by atoms with Gasteiger partial charge in [0.2, 0.25) is 0 Å². The summed E-state index contributed by atoms with van der Waals surface area (Å²) in [6, 6.07) is 6.95. The van der Waals surface area contributed by atoms with Gasteiger partial charge in [0.1, 0.15) is 0 Å². The highest BCUT2D eigenvalue weighted by atomic mass is 16.6. The first-order valence-corrected chi connectivity index (χ1v) is 6.35. The Bertz CT molecular complexity index is 412. The van der Waals surface area contributed by atoms with Gasteiger partial charge in [0.15, 0.2) is 0 Å². The highest BCUT2D eigenvalue weighted by Gasteiger charge is 2.20. The highest BCUT2D eigenvalue weighted by molar-refractivity contribution is 5.94.